The van der Waals surface area contributed by atoms with E-state index in [1.807, 2.05) is 0 Å². The number of ether oxygens (including phenoxy) is 1. The fraction of sp³-hybridized carbons (Fsp3) is 0.765. The Bertz CT molecular complexity index is 399. The van der Waals surface area contributed by atoms with Crippen molar-refractivity contribution in [2.45, 2.75) is 58.3 Å². The zero-order valence-electron chi connectivity index (χ0n) is 13.0. The lowest BCUT2D eigenvalue weighted by atomic mass is 9.74. The van der Waals surface area contributed by atoms with E-state index >= 15 is 0 Å². The van der Waals surface area contributed by atoms with Gasteiger partial charge in [-0.1, -0.05) is 25.0 Å². The van der Waals surface area contributed by atoms with Crippen molar-refractivity contribution in [2.24, 2.45) is 11.3 Å². The number of rotatable bonds is 6. The van der Waals surface area contributed by atoms with Gasteiger partial charge in [0.1, 0.15) is 5.78 Å². The number of ketones is 1. The monoisotopic (exact) mass is 293 g/mol. The van der Waals surface area contributed by atoms with Crippen LogP contribution in [0.5, 0.6) is 0 Å². The first-order valence-electron chi connectivity index (χ1n) is 8.15. The molecule has 0 aromatic carbocycles. The quantitative estimate of drug-likeness (QED) is 0.761. The van der Waals surface area contributed by atoms with Crippen molar-refractivity contribution in [3.63, 3.8) is 0 Å². The van der Waals surface area contributed by atoms with E-state index in [4.69, 9.17) is 4.74 Å². The van der Waals surface area contributed by atoms with Gasteiger partial charge in [-0.25, -0.2) is 4.79 Å². The molecule has 0 spiro atoms. The van der Waals surface area contributed by atoms with E-state index in [2.05, 4.69) is 17.5 Å². The number of carbonyl (C=O) groups is 2. The predicted octanol–water partition coefficient (Wildman–Crippen LogP) is 3.61. The lowest BCUT2D eigenvalue weighted by molar-refractivity contribution is -0.120. The molecule has 2 aliphatic rings. The molecular formula is C17H27NO3. The molecule has 1 N–H and O–H groups in total. The number of alkyl carbamates (subject to hydrolysis) is 1. The molecule has 0 radical (unpaired) electrons. The van der Waals surface area contributed by atoms with Crippen molar-refractivity contribution in [3.05, 3.63) is 12.2 Å². The highest BCUT2D eigenvalue weighted by atomic mass is 16.5. The molecule has 1 fully saturated rings. The van der Waals surface area contributed by atoms with Gasteiger partial charge < -0.3 is 14.8 Å². The molecule has 1 saturated carbocycles. The molecule has 118 valence electrons. The molecule has 1 amide bonds. The molecule has 2 rings (SSSR count). The van der Waals surface area contributed by atoms with Crippen LogP contribution in [0.15, 0.2) is 12.2 Å². The number of allylic oxidation sites excluding steroid dienone is 2. The highest BCUT2D eigenvalue weighted by Gasteiger charge is 2.33. The van der Waals surface area contributed by atoms with Gasteiger partial charge in [0, 0.05) is 18.4 Å². The molecule has 0 aliphatic heterocycles. The average Bonchev–Trinajstić information content (AvgIpc) is 2.96. The van der Waals surface area contributed by atoms with Crippen LogP contribution in [-0.2, 0) is 9.53 Å². The third-order valence-electron chi connectivity index (χ3n) is 4.70. The number of amides is 1. The minimum absolute atomic E-state index is 0.167. The maximum absolute atomic E-state index is 11.8. The van der Waals surface area contributed by atoms with Crippen LogP contribution in [0.3, 0.4) is 0 Å². The Morgan fingerprint density at radius 1 is 1.29 bits per heavy atom. The summed E-state index contributed by atoms with van der Waals surface area (Å²) in [6.07, 6.45) is 12.1. The molecule has 0 saturated heterocycles. The molecule has 0 heterocycles. The molecule has 2 aliphatic carbocycles. The standard InChI is InChI=1S/C17H27NO3/c1-14(19)11-17(9-5-2-6-10-17)13-21-16(20)18-12-15-7-3-4-8-15/h2,5,15H,3-4,6-13H2,1H3,(H,18,20). The van der Waals surface area contributed by atoms with Crippen LogP contribution in [0.4, 0.5) is 4.79 Å². The second-order valence-corrected chi connectivity index (χ2v) is 6.70. The maximum Gasteiger partial charge on any atom is 0.407 e. The largest absolute Gasteiger partial charge is 0.449 e. The normalized spacial score (nSPS) is 25.8. The van der Waals surface area contributed by atoms with Gasteiger partial charge in [0.2, 0.25) is 0 Å². The number of nitrogens with one attached hydrogen (secondary N) is 1. The lowest BCUT2D eigenvalue weighted by Crippen LogP contribution is -2.35. The summed E-state index contributed by atoms with van der Waals surface area (Å²) in [6.45, 7) is 2.67. The molecule has 4 nitrogen and oxygen atoms in total. The molecule has 21 heavy (non-hydrogen) atoms. The van der Waals surface area contributed by atoms with Gasteiger partial charge in [0.25, 0.3) is 0 Å². The van der Waals surface area contributed by atoms with Crippen molar-refractivity contribution in [1.29, 1.82) is 0 Å². The van der Waals surface area contributed by atoms with E-state index < -0.39 is 0 Å². The predicted molar refractivity (Wildman–Crippen MR) is 82.0 cm³/mol. The average molecular weight is 293 g/mol. The Kier molecular flexibility index (Phi) is 5.83. The van der Waals surface area contributed by atoms with E-state index in [1.54, 1.807) is 6.92 Å². The lowest BCUT2D eigenvalue weighted by Gasteiger charge is -2.33. The highest BCUT2D eigenvalue weighted by molar-refractivity contribution is 5.76. The van der Waals surface area contributed by atoms with Gasteiger partial charge in [-0.15, -0.1) is 0 Å². The van der Waals surface area contributed by atoms with Crippen LogP contribution in [0.25, 0.3) is 0 Å². The van der Waals surface area contributed by atoms with E-state index in [0.717, 1.165) is 25.8 Å². The van der Waals surface area contributed by atoms with E-state index in [1.165, 1.54) is 25.7 Å². The van der Waals surface area contributed by atoms with Crippen LogP contribution >= 0.6 is 0 Å². The first-order chi connectivity index (χ1) is 10.1. The molecule has 0 aromatic rings. The fourth-order valence-corrected chi connectivity index (χ4v) is 3.53. The van der Waals surface area contributed by atoms with Crippen LogP contribution in [0, 0.1) is 11.3 Å². The molecule has 4 heteroatoms. The van der Waals surface area contributed by atoms with Gasteiger partial charge in [-0.05, 0) is 44.9 Å². The molecule has 0 aromatic heterocycles. The minimum atomic E-state index is -0.334. The van der Waals surface area contributed by atoms with Crippen molar-refractivity contribution in [2.75, 3.05) is 13.2 Å². The summed E-state index contributed by atoms with van der Waals surface area (Å²) >= 11 is 0. The summed E-state index contributed by atoms with van der Waals surface area (Å²) in [4.78, 5) is 23.3. The third kappa shape index (κ3) is 5.18. The first kappa shape index (κ1) is 16.1. The topological polar surface area (TPSA) is 55.4 Å². The summed E-state index contributed by atoms with van der Waals surface area (Å²) in [5, 5.41) is 2.87. The highest BCUT2D eigenvalue weighted by Crippen LogP contribution is 2.36. The van der Waals surface area contributed by atoms with Crippen LogP contribution < -0.4 is 5.32 Å². The molecule has 1 unspecified atom stereocenters. The summed E-state index contributed by atoms with van der Waals surface area (Å²) in [5.41, 5.74) is -0.189. The zero-order chi connectivity index (χ0) is 15.1. The van der Waals surface area contributed by atoms with Gasteiger partial charge >= 0.3 is 6.09 Å². The van der Waals surface area contributed by atoms with Crippen molar-refractivity contribution >= 4 is 11.9 Å². The van der Waals surface area contributed by atoms with Gasteiger partial charge in [-0.3, -0.25) is 0 Å². The first-order valence-corrected chi connectivity index (χ1v) is 8.15. The Morgan fingerprint density at radius 2 is 2.05 bits per heavy atom. The van der Waals surface area contributed by atoms with Crippen LogP contribution in [-0.4, -0.2) is 25.0 Å². The van der Waals surface area contributed by atoms with Crippen molar-refractivity contribution < 1.29 is 14.3 Å². The molecular weight excluding hydrogens is 266 g/mol. The zero-order valence-corrected chi connectivity index (χ0v) is 13.0. The van der Waals surface area contributed by atoms with Crippen LogP contribution in [0.1, 0.15) is 58.3 Å². The van der Waals surface area contributed by atoms with E-state index in [9.17, 15) is 9.59 Å². The number of hydrogen-bond donors (Lipinski definition) is 1. The number of Topliss-reactive ketones (excluding diaryl/α,β-unsaturated/α-hetero) is 1. The van der Waals surface area contributed by atoms with Crippen LogP contribution in [0.2, 0.25) is 0 Å². The Morgan fingerprint density at radius 3 is 2.67 bits per heavy atom. The van der Waals surface area contributed by atoms with Crippen molar-refractivity contribution in [1.82, 2.24) is 5.32 Å². The maximum atomic E-state index is 11.8. The second kappa shape index (κ2) is 7.62. The Balaban J connectivity index is 1.76. The SMILES string of the molecule is CC(=O)CC1(COC(=O)NCC2CCCC2)CC=CCC1. The third-order valence-corrected chi connectivity index (χ3v) is 4.70. The minimum Gasteiger partial charge on any atom is -0.449 e. The van der Waals surface area contributed by atoms with Gasteiger partial charge in [0.05, 0.1) is 6.61 Å². The number of carbonyl (C=O) groups excluding carboxylic acids is 2. The molecule has 1 atom stereocenters. The van der Waals surface area contributed by atoms with Gasteiger partial charge in [-0.2, -0.15) is 0 Å². The summed E-state index contributed by atoms with van der Waals surface area (Å²) in [6, 6.07) is 0. The summed E-state index contributed by atoms with van der Waals surface area (Å²) in [5.74, 6) is 0.779. The Hall–Kier alpha value is -1.32. The van der Waals surface area contributed by atoms with E-state index in [-0.39, 0.29) is 17.3 Å². The fourth-order valence-electron chi connectivity index (χ4n) is 3.53. The number of hydrogen-bond acceptors (Lipinski definition) is 3. The summed E-state index contributed by atoms with van der Waals surface area (Å²) in [7, 11) is 0. The summed E-state index contributed by atoms with van der Waals surface area (Å²) < 4.78 is 5.41. The van der Waals surface area contributed by atoms with Crippen molar-refractivity contribution in [3.8, 4) is 0 Å². The van der Waals surface area contributed by atoms with Gasteiger partial charge in [0.15, 0.2) is 0 Å². The second-order valence-electron chi connectivity index (χ2n) is 6.70. The molecule has 0 bridgehead atoms. The Labute approximate surface area is 127 Å². The smallest absolute Gasteiger partial charge is 0.407 e. The van der Waals surface area contributed by atoms with E-state index in [0.29, 0.717) is 18.9 Å².